The van der Waals surface area contributed by atoms with Crippen LogP contribution in [-0.4, -0.2) is 6.17 Å². The number of benzene rings is 4. The highest BCUT2D eigenvalue weighted by atomic mass is 19.1. The summed E-state index contributed by atoms with van der Waals surface area (Å²) < 4.78 is 12.6. The van der Waals surface area contributed by atoms with Crippen LogP contribution in [0.15, 0.2) is 97.1 Å². The maximum Gasteiger partial charge on any atom is 0.158 e. The Labute approximate surface area is 209 Å². The van der Waals surface area contributed by atoms with E-state index < -0.39 is 6.17 Å². The first-order valence-corrected chi connectivity index (χ1v) is 11.9. The van der Waals surface area contributed by atoms with E-state index in [4.69, 9.17) is 0 Å². The quantitative estimate of drug-likeness (QED) is 0.263. The van der Waals surface area contributed by atoms with Crippen molar-refractivity contribution in [2.75, 3.05) is 0 Å². The van der Waals surface area contributed by atoms with Gasteiger partial charge in [-0.05, 0) is 78.4 Å². The summed E-state index contributed by atoms with van der Waals surface area (Å²) in [5.74, 6) is 11.6. The monoisotopic (exact) mass is 458 g/mol. The minimum atomic E-state index is -1.08. The van der Waals surface area contributed by atoms with Crippen molar-refractivity contribution in [1.82, 2.24) is 0 Å². The number of rotatable bonds is 2. The molecule has 4 aromatic carbocycles. The zero-order valence-corrected chi connectivity index (χ0v) is 20.9. The predicted octanol–water partition coefficient (Wildman–Crippen LogP) is 8.80. The molecular formula is C34H31F. The first-order chi connectivity index (χ1) is 17.0. The maximum atomic E-state index is 12.6. The fraction of sp³-hybridized carbons (Fsp3) is 0.176. The van der Waals surface area contributed by atoms with Gasteiger partial charge in [0.1, 0.15) is 0 Å². The average Bonchev–Trinajstić information content (AvgIpc) is 2.88. The molecule has 1 heteroatoms. The Balaban J connectivity index is 0.000000196. The molecule has 0 bridgehead atoms. The van der Waals surface area contributed by atoms with Gasteiger partial charge in [0.25, 0.3) is 0 Å². The first-order valence-electron chi connectivity index (χ1n) is 11.9. The van der Waals surface area contributed by atoms with Gasteiger partial charge in [0, 0.05) is 17.5 Å². The summed E-state index contributed by atoms with van der Waals surface area (Å²) >= 11 is 0. The highest BCUT2D eigenvalue weighted by molar-refractivity contribution is 5.68. The van der Waals surface area contributed by atoms with E-state index in [1.165, 1.54) is 34.7 Å². The van der Waals surface area contributed by atoms with Crippen molar-refractivity contribution in [2.24, 2.45) is 0 Å². The highest BCUT2D eigenvalue weighted by Crippen LogP contribution is 2.24. The van der Waals surface area contributed by atoms with Gasteiger partial charge in [-0.1, -0.05) is 103 Å². The van der Waals surface area contributed by atoms with Gasteiger partial charge in [0.05, 0.1) is 0 Å². The minimum Gasteiger partial charge on any atom is -0.234 e. The summed E-state index contributed by atoms with van der Waals surface area (Å²) in [6.07, 6.45) is -0.180. The zero-order valence-electron chi connectivity index (χ0n) is 20.9. The highest BCUT2D eigenvalue weighted by Gasteiger charge is 2.01. The lowest BCUT2D eigenvalue weighted by molar-refractivity contribution is 0.443. The van der Waals surface area contributed by atoms with Crippen molar-refractivity contribution >= 4 is 0 Å². The predicted molar refractivity (Wildman–Crippen MR) is 148 cm³/mol. The van der Waals surface area contributed by atoms with E-state index >= 15 is 0 Å². The Bertz CT molecular complexity index is 1350. The van der Waals surface area contributed by atoms with Crippen molar-refractivity contribution < 1.29 is 4.39 Å². The van der Waals surface area contributed by atoms with Crippen LogP contribution in [0.3, 0.4) is 0 Å². The molecule has 0 aromatic heterocycles. The van der Waals surface area contributed by atoms with Crippen molar-refractivity contribution in [3.8, 4) is 45.9 Å². The van der Waals surface area contributed by atoms with Gasteiger partial charge in [-0.2, -0.15) is 0 Å². The van der Waals surface area contributed by atoms with Crippen molar-refractivity contribution in [3.05, 3.63) is 119 Å². The Morgan fingerprint density at radius 2 is 1.06 bits per heavy atom. The Kier molecular flexibility index (Phi) is 9.48. The molecule has 0 saturated heterocycles. The standard InChI is InChI=1S/C17H15F.C17H16/c1-13-5-3-4-6-17(13)16-11-9-15(10-12-16)8-7-14(2)18;1-3-4-8-15-10-12-16(13-11-15)17-9-6-5-7-14(17)2/h3-6,9-12,14H,1-2H3;5-7,9-13H,3H2,1-2H3. The van der Waals surface area contributed by atoms with Gasteiger partial charge in [-0.25, -0.2) is 4.39 Å². The summed E-state index contributed by atoms with van der Waals surface area (Å²) in [6, 6.07) is 33.0. The number of halogens is 1. The molecule has 174 valence electrons. The Morgan fingerprint density at radius 3 is 1.46 bits per heavy atom. The topological polar surface area (TPSA) is 0 Å². The Hall–Kier alpha value is -4.07. The van der Waals surface area contributed by atoms with Crippen LogP contribution in [0.25, 0.3) is 22.3 Å². The van der Waals surface area contributed by atoms with Crippen LogP contribution in [0.1, 0.15) is 42.5 Å². The van der Waals surface area contributed by atoms with Gasteiger partial charge in [0.15, 0.2) is 6.17 Å². The number of alkyl halides is 1. The summed E-state index contributed by atoms with van der Waals surface area (Å²) in [5.41, 5.74) is 9.41. The molecule has 4 aromatic rings. The van der Waals surface area contributed by atoms with Gasteiger partial charge >= 0.3 is 0 Å². The lowest BCUT2D eigenvalue weighted by Gasteiger charge is -2.05. The molecular weight excluding hydrogens is 427 g/mol. The average molecular weight is 459 g/mol. The molecule has 1 unspecified atom stereocenters. The molecule has 0 saturated carbocycles. The molecule has 0 aliphatic heterocycles. The van der Waals surface area contributed by atoms with E-state index in [1.54, 1.807) is 0 Å². The van der Waals surface area contributed by atoms with Crippen LogP contribution in [0.4, 0.5) is 4.39 Å². The van der Waals surface area contributed by atoms with Crippen molar-refractivity contribution in [1.29, 1.82) is 0 Å². The second-order valence-corrected chi connectivity index (χ2v) is 8.33. The van der Waals surface area contributed by atoms with Crippen LogP contribution < -0.4 is 0 Å². The molecule has 0 nitrogen and oxygen atoms in total. The molecule has 0 fully saturated rings. The molecule has 0 spiro atoms. The van der Waals surface area contributed by atoms with Crippen LogP contribution in [0.2, 0.25) is 0 Å². The summed E-state index contributed by atoms with van der Waals surface area (Å²) in [5, 5.41) is 0. The van der Waals surface area contributed by atoms with Crippen molar-refractivity contribution in [3.63, 3.8) is 0 Å². The van der Waals surface area contributed by atoms with Crippen LogP contribution in [-0.2, 0) is 0 Å². The molecule has 0 amide bonds. The molecule has 0 radical (unpaired) electrons. The summed E-state index contributed by atoms with van der Waals surface area (Å²) in [7, 11) is 0. The first kappa shape index (κ1) is 25.6. The van der Waals surface area contributed by atoms with Gasteiger partial charge in [-0.15, -0.1) is 0 Å². The third kappa shape index (κ3) is 7.74. The normalized spacial score (nSPS) is 10.5. The third-order valence-electron chi connectivity index (χ3n) is 5.51. The van der Waals surface area contributed by atoms with E-state index in [1.807, 2.05) is 36.4 Å². The van der Waals surface area contributed by atoms with E-state index in [0.29, 0.717) is 0 Å². The second-order valence-electron chi connectivity index (χ2n) is 8.33. The van der Waals surface area contributed by atoms with Gasteiger partial charge in [0.2, 0.25) is 0 Å². The van der Waals surface area contributed by atoms with Crippen LogP contribution in [0.5, 0.6) is 0 Å². The van der Waals surface area contributed by atoms with Gasteiger partial charge in [-0.3, -0.25) is 0 Å². The molecule has 0 aliphatic carbocycles. The van der Waals surface area contributed by atoms with E-state index in [0.717, 1.165) is 23.1 Å². The van der Waals surface area contributed by atoms with E-state index in [-0.39, 0.29) is 0 Å². The van der Waals surface area contributed by atoms with Crippen LogP contribution in [0, 0.1) is 37.5 Å². The molecule has 0 aliphatic rings. The summed E-state index contributed by atoms with van der Waals surface area (Å²) in [6.45, 7) is 7.73. The van der Waals surface area contributed by atoms with E-state index in [9.17, 15) is 4.39 Å². The molecule has 0 N–H and O–H groups in total. The second kappa shape index (κ2) is 13.0. The van der Waals surface area contributed by atoms with Gasteiger partial charge < -0.3 is 0 Å². The SMILES string of the molecule is CCC#Cc1ccc(-c2ccccc2C)cc1.Cc1ccccc1-c1ccc(C#CC(C)F)cc1. The fourth-order valence-electron chi connectivity index (χ4n) is 3.63. The lowest BCUT2D eigenvalue weighted by Crippen LogP contribution is -1.85. The summed E-state index contributed by atoms with van der Waals surface area (Å²) in [4.78, 5) is 0. The molecule has 0 heterocycles. The zero-order chi connectivity index (χ0) is 25.0. The molecule has 4 rings (SSSR count). The maximum absolute atomic E-state index is 12.6. The van der Waals surface area contributed by atoms with E-state index in [2.05, 4.69) is 105 Å². The van der Waals surface area contributed by atoms with Crippen LogP contribution >= 0.6 is 0 Å². The number of hydrogen-bond acceptors (Lipinski definition) is 0. The number of aryl methyl sites for hydroxylation is 2. The minimum absolute atomic E-state index is 0.844. The third-order valence-corrected chi connectivity index (χ3v) is 5.51. The number of hydrogen-bond donors (Lipinski definition) is 0. The lowest BCUT2D eigenvalue weighted by atomic mass is 10.00. The fourth-order valence-corrected chi connectivity index (χ4v) is 3.63. The smallest absolute Gasteiger partial charge is 0.158 e. The molecule has 1 atom stereocenters. The molecule has 35 heavy (non-hydrogen) atoms. The largest absolute Gasteiger partial charge is 0.234 e. The Morgan fingerprint density at radius 1 is 0.629 bits per heavy atom. The van der Waals surface area contributed by atoms with Crippen molar-refractivity contribution in [2.45, 2.75) is 40.3 Å².